The summed E-state index contributed by atoms with van der Waals surface area (Å²) >= 11 is 1.25. The average Bonchev–Trinajstić information content (AvgIpc) is 2.78. The van der Waals surface area contributed by atoms with Crippen LogP contribution in [0.5, 0.6) is 0 Å². The van der Waals surface area contributed by atoms with E-state index in [1.165, 1.54) is 18.3 Å². The molecule has 2 N–H and O–H groups in total. The van der Waals surface area contributed by atoms with Crippen LogP contribution in [0.3, 0.4) is 0 Å². The third-order valence-electron chi connectivity index (χ3n) is 2.53. The summed E-state index contributed by atoms with van der Waals surface area (Å²) in [5.41, 5.74) is 0.380. The molecule has 1 aliphatic heterocycles. The minimum Gasteiger partial charge on any atom is -0.375 e. The van der Waals surface area contributed by atoms with Crippen LogP contribution in [-0.4, -0.2) is 42.5 Å². The van der Waals surface area contributed by atoms with E-state index in [0.717, 1.165) is 6.54 Å². The fourth-order valence-electron chi connectivity index (χ4n) is 1.62. The molecule has 1 fully saturated rings. The number of ether oxygens (including phenoxy) is 1. The number of thiazole rings is 1. The molecule has 98 valence electrons. The van der Waals surface area contributed by atoms with E-state index >= 15 is 0 Å². The second-order valence-corrected chi connectivity index (χ2v) is 4.90. The van der Waals surface area contributed by atoms with E-state index in [0.29, 0.717) is 30.4 Å². The molecular weight excluding hydrogens is 254 g/mol. The maximum Gasteiger partial charge on any atom is 0.228 e. The number of rotatable bonds is 4. The van der Waals surface area contributed by atoms with Crippen molar-refractivity contribution in [2.75, 3.05) is 25.0 Å². The van der Waals surface area contributed by atoms with Gasteiger partial charge in [-0.1, -0.05) is 0 Å². The van der Waals surface area contributed by atoms with Gasteiger partial charge in [0.2, 0.25) is 5.91 Å². The Morgan fingerprint density at radius 2 is 2.50 bits per heavy atom. The molecule has 18 heavy (non-hydrogen) atoms. The summed E-state index contributed by atoms with van der Waals surface area (Å²) in [4.78, 5) is 26.8. The first kappa shape index (κ1) is 13.1. The van der Waals surface area contributed by atoms with Gasteiger partial charge >= 0.3 is 0 Å². The van der Waals surface area contributed by atoms with Crippen molar-refractivity contribution >= 4 is 28.2 Å². The van der Waals surface area contributed by atoms with Crippen LogP contribution < -0.4 is 10.6 Å². The van der Waals surface area contributed by atoms with Gasteiger partial charge in [-0.05, 0) is 0 Å². The van der Waals surface area contributed by atoms with Crippen molar-refractivity contribution in [1.29, 1.82) is 0 Å². The molecule has 0 saturated carbocycles. The van der Waals surface area contributed by atoms with Gasteiger partial charge in [0.15, 0.2) is 10.9 Å². The topological polar surface area (TPSA) is 80.3 Å². The fraction of sp³-hybridized carbons (Fsp3) is 0.545. The van der Waals surface area contributed by atoms with Crippen molar-refractivity contribution in [3.63, 3.8) is 0 Å². The molecule has 2 heterocycles. The highest BCUT2D eigenvalue weighted by Gasteiger charge is 2.18. The minimum absolute atomic E-state index is 0.0917. The van der Waals surface area contributed by atoms with E-state index in [4.69, 9.17) is 4.74 Å². The lowest BCUT2D eigenvalue weighted by Gasteiger charge is -2.22. The number of Topliss-reactive ketones (excluding diaryl/α,β-unsaturated/α-hetero) is 1. The Hall–Kier alpha value is -1.31. The van der Waals surface area contributed by atoms with E-state index in [-0.39, 0.29) is 17.8 Å². The number of morpholine rings is 1. The van der Waals surface area contributed by atoms with Gasteiger partial charge in [-0.25, -0.2) is 4.98 Å². The third kappa shape index (κ3) is 3.59. The summed E-state index contributed by atoms with van der Waals surface area (Å²) in [6.45, 7) is 3.59. The highest BCUT2D eigenvalue weighted by Crippen LogP contribution is 2.16. The standard InChI is InChI=1S/C11H15N3O3S/c1-7(15)9-6-18-11(13-9)14-10(16)4-8-5-12-2-3-17-8/h6,8,12H,2-5H2,1H3,(H,13,14,16). The monoisotopic (exact) mass is 269 g/mol. The maximum absolute atomic E-state index is 11.7. The Morgan fingerprint density at radius 3 is 3.11 bits per heavy atom. The molecule has 2 rings (SSSR count). The van der Waals surface area contributed by atoms with E-state index in [1.54, 1.807) is 5.38 Å². The predicted octanol–water partition coefficient (Wildman–Crippen LogP) is 0.663. The summed E-state index contributed by atoms with van der Waals surface area (Å²) in [6, 6.07) is 0. The van der Waals surface area contributed by atoms with Crippen molar-refractivity contribution in [3.8, 4) is 0 Å². The van der Waals surface area contributed by atoms with Gasteiger partial charge in [0.25, 0.3) is 0 Å². The number of nitrogens with one attached hydrogen (secondary N) is 2. The van der Waals surface area contributed by atoms with Gasteiger partial charge in [-0.3, -0.25) is 9.59 Å². The van der Waals surface area contributed by atoms with Crippen LogP contribution in [-0.2, 0) is 9.53 Å². The first-order valence-corrected chi connectivity index (χ1v) is 6.62. The highest BCUT2D eigenvalue weighted by atomic mass is 32.1. The lowest BCUT2D eigenvalue weighted by Crippen LogP contribution is -2.40. The van der Waals surface area contributed by atoms with Crippen molar-refractivity contribution < 1.29 is 14.3 Å². The number of aromatic nitrogens is 1. The van der Waals surface area contributed by atoms with Crippen molar-refractivity contribution in [2.24, 2.45) is 0 Å². The van der Waals surface area contributed by atoms with Crippen LogP contribution in [0, 0.1) is 0 Å². The molecule has 6 nitrogen and oxygen atoms in total. The van der Waals surface area contributed by atoms with Crippen LogP contribution in [0.15, 0.2) is 5.38 Å². The molecule has 1 atom stereocenters. The van der Waals surface area contributed by atoms with Gasteiger partial charge in [-0.2, -0.15) is 0 Å². The Kier molecular flexibility index (Phi) is 4.40. The van der Waals surface area contributed by atoms with Crippen molar-refractivity contribution in [2.45, 2.75) is 19.4 Å². The zero-order chi connectivity index (χ0) is 13.0. The molecule has 7 heteroatoms. The van der Waals surface area contributed by atoms with Gasteiger partial charge in [0.1, 0.15) is 5.69 Å². The molecule has 1 saturated heterocycles. The van der Waals surface area contributed by atoms with Gasteiger partial charge in [0, 0.05) is 25.4 Å². The molecular formula is C11H15N3O3S. The zero-order valence-corrected chi connectivity index (χ0v) is 10.9. The summed E-state index contributed by atoms with van der Waals surface area (Å²) < 4.78 is 5.44. The number of ketones is 1. The lowest BCUT2D eigenvalue weighted by atomic mass is 10.2. The van der Waals surface area contributed by atoms with Gasteiger partial charge in [-0.15, -0.1) is 11.3 Å². The second kappa shape index (κ2) is 6.03. The molecule has 1 amide bonds. The number of nitrogens with zero attached hydrogens (tertiary/aromatic N) is 1. The molecule has 0 bridgehead atoms. The first-order valence-electron chi connectivity index (χ1n) is 5.74. The predicted molar refractivity (Wildman–Crippen MR) is 68.0 cm³/mol. The Labute approximate surface area is 109 Å². The number of carbonyl (C=O) groups is 2. The van der Waals surface area contributed by atoms with E-state index < -0.39 is 0 Å². The highest BCUT2D eigenvalue weighted by molar-refractivity contribution is 7.14. The van der Waals surface area contributed by atoms with Gasteiger partial charge < -0.3 is 15.4 Å². The van der Waals surface area contributed by atoms with Crippen LogP contribution in [0.2, 0.25) is 0 Å². The Morgan fingerprint density at radius 1 is 1.67 bits per heavy atom. The smallest absolute Gasteiger partial charge is 0.228 e. The Balaban J connectivity index is 1.84. The zero-order valence-electron chi connectivity index (χ0n) is 10.1. The number of carbonyl (C=O) groups excluding carboxylic acids is 2. The van der Waals surface area contributed by atoms with Crippen LogP contribution in [0.25, 0.3) is 0 Å². The molecule has 0 spiro atoms. The van der Waals surface area contributed by atoms with E-state index in [9.17, 15) is 9.59 Å². The molecule has 0 aromatic carbocycles. The molecule has 1 aliphatic rings. The minimum atomic E-state index is -0.145. The molecule has 0 radical (unpaired) electrons. The molecule has 0 aliphatic carbocycles. The number of hydrogen-bond donors (Lipinski definition) is 2. The normalized spacial score (nSPS) is 19.5. The number of anilines is 1. The second-order valence-electron chi connectivity index (χ2n) is 4.04. The van der Waals surface area contributed by atoms with Crippen molar-refractivity contribution in [1.82, 2.24) is 10.3 Å². The van der Waals surface area contributed by atoms with Crippen LogP contribution in [0.4, 0.5) is 5.13 Å². The van der Waals surface area contributed by atoms with E-state index in [1.807, 2.05) is 0 Å². The average molecular weight is 269 g/mol. The quantitative estimate of drug-likeness (QED) is 0.785. The number of amides is 1. The van der Waals surface area contributed by atoms with Gasteiger partial charge in [0.05, 0.1) is 19.1 Å². The summed E-state index contributed by atoms with van der Waals surface area (Å²) in [5.74, 6) is -0.250. The fourth-order valence-corrected chi connectivity index (χ4v) is 2.39. The SMILES string of the molecule is CC(=O)c1csc(NC(=O)CC2CNCCO2)n1. The van der Waals surface area contributed by atoms with Crippen LogP contribution >= 0.6 is 11.3 Å². The lowest BCUT2D eigenvalue weighted by molar-refractivity contribution is -0.119. The molecule has 1 aromatic rings. The van der Waals surface area contributed by atoms with E-state index in [2.05, 4.69) is 15.6 Å². The van der Waals surface area contributed by atoms with Crippen LogP contribution in [0.1, 0.15) is 23.8 Å². The molecule has 1 unspecified atom stereocenters. The summed E-state index contributed by atoms with van der Waals surface area (Å²) in [5, 5.41) is 7.92. The number of hydrogen-bond acceptors (Lipinski definition) is 6. The summed E-state index contributed by atoms with van der Waals surface area (Å²) in [6.07, 6.45) is 0.202. The first-order chi connectivity index (χ1) is 8.65. The third-order valence-corrected chi connectivity index (χ3v) is 3.29. The molecule has 1 aromatic heterocycles. The Bertz CT molecular complexity index is 440. The largest absolute Gasteiger partial charge is 0.375 e. The summed E-state index contributed by atoms with van der Waals surface area (Å²) in [7, 11) is 0. The van der Waals surface area contributed by atoms with Crippen molar-refractivity contribution in [3.05, 3.63) is 11.1 Å². The maximum atomic E-state index is 11.7.